The molecular weight excluding hydrogens is 530 g/mol. The second-order valence-corrected chi connectivity index (χ2v) is 8.72. The number of ether oxygens (including phenoxy) is 3. The van der Waals surface area contributed by atoms with Crippen LogP contribution in [0.1, 0.15) is 21.5 Å². The van der Waals surface area contributed by atoms with E-state index in [2.05, 4.69) is 13.2 Å². The maximum Gasteiger partial charge on any atom is 0.343 e. The fourth-order valence-corrected chi connectivity index (χ4v) is 3.79. The average molecular weight is 555 g/mol. The van der Waals surface area contributed by atoms with Gasteiger partial charge in [-0.25, -0.2) is 18.8 Å². The van der Waals surface area contributed by atoms with Crippen molar-refractivity contribution in [3.63, 3.8) is 0 Å². The van der Waals surface area contributed by atoms with Gasteiger partial charge in [-0.3, -0.25) is 0 Å². The summed E-state index contributed by atoms with van der Waals surface area (Å²) in [5, 5.41) is 0. The number of benzene rings is 4. The highest BCUT2D eigenvalue weighted by atomic mass is 19.2. The van der Waals surface area contributed by atoms with Gasteiger partial charge in [-0.2, -0.15) is 4.39 Å². The van der Waals surface area contributed by atoms with Crippen LogP contribution in [-0.4, -0.2) is 17.9 Å². The van der Waals surface area contributed by atoms with Gasteiger partial charge in [-0.1, -0.05) is 73.8 Å². The summed E-state index contributed by atoms with van der Waals surface area (Å²) in [6, 6.07) is 22.6. The van der Waals surface area contributed by atoms with Crippen molar-refractivity contribution in [3.05, 3.63) is 139 Å². The van der Waals surface area contributed by atoms with Crippen molar-refractivity contribution in [1.29, 1.82) is 0 Å². The van der Waals surface area contributed by atoms with E-state index in [1.54, 1.807) is 36.4 Å². The Bertz CT molecular complexity index is 1590. The zero-order valence-corrected chi connectivity index (χ0v) is 21.8. The van der Waals surface area contributed by atoms with E-state index in [9.17, 15) is 23.2 Å². The molecule has 0 N–H and O–H groups in total. The quantitative estimate of drug-likeness (QED) is 0.120. The van der Waals surface area contributed by atoms with Gasteiger partial charge in [0.25, 0.3) is 0 Å². The third kappa shape index (κ3) is 7.19. The van der Waals surface area contributed by atoms with Crippen molar-refractivity contribution in [1.82, 2.24) is 0 Å². The first-order valence-electron chi connectivity index (χ1n) is 12.4. The Labute approximate surface area is 235 Å². The Hall–Kier alpha value is -5.37. The SMILES string of the molecule is C=CC(=O)OCc1ccc(-c2ccc(C(=O)Oc3ccc(-c4ccc(COC(=O)C=C)cc4)c(F)c3F)cc2)cc1. The first-order valence-corrected chi connectivity index (χ1v) is 12.4. The molecule has 0 fully saturated rings. The molecule has 0 aromatic heterocycles. The lowest BCUT2D eigenvalue weighted by molar-refractivity contribution is -0.139. The summed E-state index contributed by atoms with van der Waals surface area (Å²) in [5.41, 5.74) is 3.64. The molecule has 0 aliphatic rings. The lowest BCUT2D eigenvalue weighted by Gasteiger charge is -2.11. The molecular formula is C33H24F2O6. The molecule has 41 heavy (non-hydrogen) atoms. The molecule has 0 amide bonds. The van der Waals surface area contributed by atoms with Crippen LogP contribution in [0.25, 0.3) is 22.3 Å². The molecule has 0 bridgehead atoms. The van der Waals surface area contributed by atoms with Crippen LogP contribution < -0.4 is 4.74 Å². The summed E-state index contributed by atoms with van der Waals surface area (Å²) in [6.45, 7) is 6.80. The van der Waals surface area contributed by atoms with Gasteiger partial charge >= 0.3 is 17.9 Å². The van der Waals surface area contributed by atoms with E-state index in [1.165, 1.54) is 24.3 Å². The van der Waals surface area contributed by atoms with Crippen LogP contribution in [0.2, 0.25) is 0 Å². The second-order valence-electron chi connectivity index (χ2n) is 8.72. The van der Waals surface area contributed by atoms with Crippen LogP contribution >= 0.6 is 0 Å². The Kier molecular flexibility index (Phi) is 9.16. The van der Waals surface area contributed by atoms with Crippen LogP contribution in [0.3, 0.4) is 0 Å². The van der Waals surface area contributed by atoms with Crippen LogP contribution in [-0.2, 0) is 32.3 Å². The number of hydrogen-bond donors (Lipinski definition) is 0. The largest absolute Gasteiger partial charge is 0.458 e. The normalized spacial score (nSPS) is 10.4. The van der Waals surface area contributed by atoms with E-state index in [0.717, 1.165) is 28.8 Å². The molecule has 206 valence electrons. The molecule has 6 nitrogen and oxygen atoms in total. The number of carbonyl (C=O) groups excluding carboxylic acids is 3. The van der Waals surface area contributed by atoms with E-state index in [4.69, 9.17) is 14.2 Å². The summed E-state index contributed by atoms with van der Waals surface area (Å²) in [5.74, 6) is -4.93. The van der Waals surface area contributed by atoms with Gasteiger partial charge in [-0.15, -0.1) is 0 Å². The third-order valence-corrected chi connectivity index (χ3v) is 6.02. The number of hydrogen-bond acceptors (Lipinski definition) is 6. The number of halogens is 2. The first kappa shape index (κ1) is 28.6. The molecule has 0 unspecified atom stereocenters. The van der Waals surface area contributed by atoms with Crippen molar-refractivity contribution in [2.45, 2.75) is 13.2 Å². The predicted molar refractivity (Wildman–Crippen MR) is 149 cm³/mol. The van der Waals surface area contributed by atoms with Gasteiger partial charge in [-0.05, 0) is 52.1 Å². The Morgan fingerprint density at radius 2 is 1.07 bits per heavy atom. The third-order valence-electron chi connectivity index (χ3n) is 6.02. The van der Waals surface area contributed by atoms with Crippen molar-refractivity contribution < 1.29 is 37.4 Å². The molecule has 0 aliphatic carbocycles. The molecule has 8 heteroatoms. The monoisotopic (exact) mass is 554 g/mol. The molecule has 0 spiro atoms. The zero-order chi connectivity index (χ0) is 29.4. The van der Waals surface area contributed by atoms with Gasteiger partial charge in [0, 0.05) is 17.7 Å². The topological polar surface area (TPSA) is 78.9 Å². The minimum absolute atomic E-state index is 0.0130. The Balaban J connectivity index is 1.41. The number of esters is 3. The molecule has 0 saturated carbocycles. The van der Waals surface area contributed by atoms with Gasteiger partial charge in [0.15, 0.2) is 11.6 Å². The summed E-state index contributed by atoms with van der Waals surface area (Å²) < 4.78 is 44.8. The molecule has 0 heterocycles. The highest BCUT2D eigenvalue weighted by molar-refractivity contribution is 5.91. The van der Waals surface area contributed by atoms with Crippen molar-refractivity contribution in [2.24, 2.45) is 0 Å². The Morgan fingerprint density at radius 3 is 1.56 bits per heavy atom. The van der Waals surface area contributed by atoms with E-state index in [-0.39, 0.29) is 24.3 Å². The summed E-state index contributed by atoms with van der Waals surface area (Å²) in [6.07, 6.45) is 2.14. The molecule has 0 radical (unpaired) electrons. The van der Waals surface area contributed by atoms with E-state index in [0.29, 0.717) is 11.1 Å². The van der Waals surface area contributed by atoms with E-state index >= 15 is 0 Å². The standard InChI is InChI=1S/C33H24F2O6/c1-3-29(36)39-19-21-5-9-23(10-6-21)24-13-15-26(16-14-24)33(38)41-28-18-17-27(31(34)32(28)35)25-11-7-22(8-12-25)20-40-30(37)4-2/h3-18H,1-2,19-20H2. The van der Waals surface area contributed by atoms with Crippen LogP contribution in [0, 0.1) is 11.6 Å². The molecule has 0 saturated heterocycles. The van der Waals surface area contributed by atoms with Crippen LogP contribution in [0.4, 0.5) is 8.78 Å². The fourth-order valence-electron chi connectivity index (χ4n) is 3.79. The fraction of sp³-hybridized carbons (Fsp3) is 0.0606. The minimum atomic E-state index is -1.30. The van der Waals surface area contributed by atoms with Gasteiger partial charge in [0.1, 0.15) is 13.2 Å². The van der Waals surface area contributed by atoms with Crippen molar-refractivity contribution in [2.75, 3.05) is 0 Å². The lowest BCUT2D eigenvalue weighted by Crippen LogP contribution is -2.10. The zero-order valence-electron chi connectivity index (χ0n) is 21.8. The molecule has 4 aromatic carbocycles. The summed E-state index contributed by atoms with van der Waals surface area (Å²) in [4.78, 5) is 35.0. The molecule has 0 atom stereocenters. The van der Waals surface area contributed by atoms with Crippen molar-refractivity contribution >= 4 is 17.9 Å². The molecule has 4 rings (SSSR count). The molecule has 4 aromatic rings. The minimum Gasteiger partial charge on any atom is -0.458 e. The number of rotatable bonds is 10. The second kappa shape index (κ2) is 13.1. The Morgan fingerprint density at radius 1 is 0.610 bits per heavy atom. The van der Waals surface area contributed by atoms with Crippen molar-refractivity contribution in [3.8, 4) is 28.0 Å². The van der Waals surface area contributed by atoms with E-state index in [1.807, 2.05) is 24.3 Å². The summed E-state index contributed by atoms with van der Waals surface area (Å²) >= 11 is 0. The highest BCUT2D eigenvalue weighted by Gasteiger charge is 2.19. The number of carbonyl (C=O) groups is 3. The maximum atomic E-state index is 14.9. The highest BCUT2D eigenvalue weighted by Crippen LogP contribution is 2.31. The lowest BCUT2D eigenvalue weighted by atomic mass is 10.0. The van der Waals surface area contributed by atoms with Gasteiger partial charge in [0.2, 0.25) is 5.82 Å². The smallest absolute Gasteiger partial charge is 0.343 e. The first-order chi connectivity index (χ1) is 19.8. The van der Waals surface area contributed by atoms with Gasteiger partial charge < -0.3 is 14.2 Å². The predicted octanol–water partition coefficient (Wildman–Crippen LogP) is 6.98. The van der Waals surface area contributed by atoms with E-state index < -0.39 is 35.3 Å². The maximum absolute atomic E-state index is 14.9. The molecule has 0 aliphatic heterocycles. The van der Waals surface area contributed by atoms with Crippen LogP contribution in [0.15, 0.2) is 110 Å². The van der Waals surface area contributed by atoms with Crippen LogP contribution in [0.5, 0.6) is 5.75 Å². The summed E-state index contributed by atoms with van der Waals surface area (Å²) in [7, 11) is 0. The average Bonchev–Trinajstić information content (AvgIpc) is 3.01. The van der Waals surface area contributed by atoms with Gasteiger partial charge in [0.05, 0.1) is 5.56 Å².